The first kappa shape index (κ1) is 12.8. The van der Waals surface area contributed by atoms with Crippen molar-refractivity contribution in [3.8, 4) is 0 Å². The summed E-state index contributed by atoms with van der Waals surface area (Å²) in [5, 5.41) is 3.52. The van der Waals surface area contributed by atoms with Crippen LogP contribution in [0.5, 0.6) is 0 Å². The third kappa shape index (κ3) is 3.68. The number of rotatable bonds is 5. The van der Waals surface area contributed by atoms with Crippen LogP contribution in [0.3, 0.4) is 0 Å². The Hall–Kier alpha value is -0.610. The van der Waals surface area contributed by atoms with Crippen molar-refractivity contribution in [2.45, 2.75) is 44.7 Å². The largest absolute Gasteiger partial charge is 0.469 e. The van der Waals surface area contributed by atoms with Gasteiger partial charge < -0.3 is 10.1 Å². The highest BCUT2D eigenvalue weighted by atomic mass is 16.5. The van der Waals surface area contributed by atoms with Crippen molar-refractivity contribution in [2.75, 3.05) is 26.7 Å². The van der Waals surface area contributed by atoms with Crippen LogP contribution < -0.4 is 5.32 Å². The normalized spacial score (nSPS) is 30.2. The SMILES string of the molecule is CCNC1CC(CC(=O)OC)CN(C2CC2)C1. The molecule has 1 saturated carbocycles. The van der Waals surface area contributed by atoms with Gasteiger partial charge in [-0.15, -0.1) is 0 Å². The minimum absolute atomic E-state index is 0.0668. The number of nitrogens with zero attached hydrogens (tertiary/aromatic N) is 1. The van der Waals surface area contributed by atoms with Crippen LogP contribution in [0.2, 0.25) is 0 Å². The number of methoxy groups -OCH3 is 1. The van der Waals surface area contributed by atoms with Crippen molar-refractivity contribution in [3.05, 3.63) is 0 Å². The number of nitrogens with one attached hydrogen (secondary N) is 1. The predicted octanol–water partition coefficient (Wildman–Crippen LogP) is 1.01. The first-order chi connectivity index (χ1) is 8.22. The fraction of sp³-hybridized carbons (Fsp3) is 0.923. The Morgan fingerprint density at radius 3 is 2.76 bits per heavy atom. The Bertz CT molecular complexity index is 266. The first-order valence-electron chi connectivity index (χ1n) is 6.77. The van der Waals surface area contributed by atoms with E-state index in [9.17, 15) is 4.79 Å². The van der Waals surface area contributed by atoms with E-state index in [4.69, 9.17) is 4.74 Å². The zero-order valence-electron chi connectivity index (χ0n) is 10.9. The van der Waals surface area contributed by atoms with Crippen LogP contribution in [0.4, 0.5) is 0 Å². The molecule has 1 aliphatic heterocycles. The van der Waals surface area contributed by atoms with Crippen molar-refractivity contribution >= 4 is 5.97 Å². The highest BCUT2D eigenvalue weighted by Gasteiger charge is 2.36. The maximum Gasteiger partial charge on any atom is 0.305 e. The molecule has 17 heavy (non-hydrogen) atoms. The molecular formula is C13H24N2O2. The molecule has 2 aliphatic rings. The maximum absolute atomic E-state index is 11.4. The van der Waals surface area contributed by atoms with E-state index in [1.807, 2.05) is 0 Å². The lowest BCUT2D eigenvalue weighted by Gasteiger charge is -2.38. The molecule has 0 radical (unpaired) electrons. The van der Waals surface area contributed by atoms with E-state index in [2.05, 4.69) is 17.1 Å². The van der Waals surface area contributed by atoms with Gasteiger partial charge in [-0.3, -0.25) is 9.69 Å². The zero-order valence-corrected chi connectivity index (χ0v) is 10.9. The number of carbonyl (C=O) groups is 1. The Morgan fingerprint density at radius 2 is 2.18 bits per heavy atom. The van der Waals surface area contributed by atoms with E-state index in [0.29, 0.717) is 18.4 Å². The molecule has 1 aliphatic carbocycles. The molecule has 1 heterocycles. The summed E-state index contributed by atoms with van der Waals surface area (Å²) in [6, 6.07) is 1.33. The van der Waals surface area contributed by atoms with Crippen LogP contribution in [0.1, 0.15) is 32.6 Å². The van der Waals surface area contributed by atoms with E-state index in [-0.39, 0.29) is 5.97 Å². The van der Waals surface area contributed by atoms with Crippen molar-refractivity contribution in [3.63, 3.8) is 0 Å². The van der Waals surface area contributed by atoms with Gasteiger partial charge in [-0.2, -0.15) is 0 Å². The number of likely N-dealkylation sites (N-methyl/N-ethyl adjacent to an activating group) is 1. The number of esters is 1. The third-order valence-electron chi connectivity index (χ3n) is 3.80. The summed E-state index contributed by atoms with van der Waals surface area (Å²) < 4.78 is 4.78. The summed E-state index contributed by atoms with van der Waals surface area (Å²) >= 11 is 0. The van der Waals surface area contributed by atoms with Gasteiger partial charge in [0.2, 0.25) is 0 Å². The topological polar surface area (TPSA) is 41.6 Å². The Labute approximate surface area is 104 Å². The average Bonchev–Trinajstić information content (AvgIpc) is 3.12. The van der Waals surface area contributed by atoms with E-state index in [1.165, 1.54) is 20.0 Å². The van der Waals surface area contributed by atoms with Crippen LogP contribution >= 0.6 is 0 Å². The average molecular weight is 240 g/mol. The van der Waals surface area contributed by atoms with Gasteiger partial charge >= 0.3 is 5.97 Å². The van der Waals surface area contributed by atoms with E-state index < -0.39 is 0 Å². The van der Waals surface area contributed by atoms with Gasteiger partial charge in [-0.1, -0.05) is 6.92 Å². The monoisotopic (exact) mass is 240 g/mol. The minimum Gasteiger partial charge on any atom is -0.469 e. The lowest BCUT2D eigenvalue weighted by Crippen LogP contribution is -2.50. The fourth-order valence-corrected chi connectivity index (χ4v) is 2.88. The molecule has 2 fully saturated rings. The predicted molar refractivity (Wildman–Crippen MR) is 66.8 cm³/mol. The number of piperidine rings is 1. The second-order valence-corrected chi connectivity index (χ2v) is 5.32. The van der Waals surface area contributed by atoms with Crippen LogP contribution in [-0.2, 0) is 9.53 Å². The zero-order chi connectivity index (χ0) is 12.3. The minimum atomic E-state index is -0.0668. The van der Waals surface area contributed by atoms with Gasteiger partial charge in [0.25, 0.3) is 0 Å². The van der Waals surface area contributed by atoms with Gasteiger partial charge in [0.15, 0.2) is 0 Å². The summed E-state index contributed by atoms with van der Waals surface area (Å²) in [4.78, 5) is 13.9. The van der Waals surface area contributed by atoms with Gasteiger partial charge in [0.1, 0.15) is 0 Å². The molecule has 0 spiro atoms. The van der Waals surface area contributed by atoms with Gasteiger partial charge in [-0.25, -0.2) is 0 Å². The number of ether oxygens (including phenoxy) is 1. The maximum atomic E-state index is 11.4. The molecule has 98 valence electrons. The second kappa shape index (κ2) is 5.83. The molecule has 1 saturated heterocycles. The van der Waals surface area contributed by atoms with Crippen molar-refractivity contribution in [1.82, 2.24) is 10.2 Å². The van der Waals surface area contributed by atoms with E-state index in [0.717, 1.165) is 32.1 Å². The van der Waals surface area contributed by atoms with E-state index in [1.54, 1.807) is 0 Å². The summed E-state index contributed by atoms with van der Waals surface area (Å²) in [6.07, 6.45) is 4.35. The van der Waals surface area contributed by atoms with Crippen molar-refractivity contribution in [2.24, 2.45) is 5.92 Å². The fourth-order valence-electron chi connectivity index (χ4n) is 2.88. The Kier molecular flexibility index (Phi) is 4.40. The summed E-state index contributed by atoms with van der Waals surface area (Å²) in [5.41, 5.74) is 0. The third-order valence-corrected chi connectivity index (χ3v) is 3.80. The highest BCUT2D eigenvalue weighted by Crippen LogP contribution is 2.32. The molecule has 0 amide bonds. The molecule has 1 N–H and O–H groups in total. The van der Waals surface area contributed by atoms with Crippen LogP contribution in [0, 0.1) is 5.92 Å². The number of likely N-dealkylation sites (tertiary alicyclic amines) is 1. The molecular weight excluding hydrogens is 216 g/mol. The van der Waals surface area contributed by atoms with Gasteiger partial charge in [-0.05, 0) is 31.7 Å². The van der Waals surface area contributed by atoms with Gasteiger partial charge in [0.05, 0.1) is 7.11 Å². The second-order valence-electron chi connectivity index (χ2n) is 5.32. The molecule has 4 heteroatoms. The number of hydrogen-bond acceptors (Lipinski definition) is 4. The molecule has 2 atom stereocenters. The Balaban J connectivity index is 1.88. The summed E-state index contributed by atoms with van der Waals surface area (Å²) in [5.74, 6) is 0.392. The first-order valence-corrected chi connectivity index (χ1v) is 6.77. The van der Waals surface area contributed by atoms with Crippen LogP contribution in [-0.4, -0.2) is 49.7 Å². The molecule has 0 bridgehead atoms. The number of hydrogen-bond donors (Lipinski definition) is 1. The van der Waals surface area contributed by atoms with Crippen LogP contribution in [0.25, 0.3) is 0 Å². The highest BCUT2D eigenvalue weighted by molar-refractivity contribution is 5.69. The molecule has 0 aromatic heterocycles. The standard InChI is InChI=1S/C13H24N2O2/c1-3-14-11-6-10(7-13(16)17-2)8-15(9-11)12-4-5-12/h10-12,14H,3-9H2,1-2H3. The quantitative estimate of drug-likeness (QED) is 0.728. The number of carbonyl (C=O) groups excluding carboxylic acids is 1. The Morgan fingerprint density at radius 1 is 1.41 bits per heavy atom. The van der Waals surface area contributed by atoms with Crippen LogP contribution in [0.15, 0.2) is 0 Å². The van der Waals surface area contributed by atoms with Crippen molar-refractivity contribution in [1.29, 1.82) is 0 Å². The molecule has 0 aromatic rings. The van der Waals surface area contributed by atoms with E-state index >= 15 is 0 Å². The lowest BCUT2D eigenvalue weighted by molar-refractivity contribution is -0.142. The molecule has 2 unspecified atom stereocenters. The molecule has 0 aromatic carbocycles. The van der Waals surface area contributed by atoms with Gasteiger partial charge in [0, 0.05) is 31.6 Å². The summed E-state index contributed by atoms with van der Waals surface area (Å²) in [7, 11) is 1.48. The lowest BCUT2D eigenvalue weighted by atomic mass is 9.91. The molecule has 4 nitrogen and oxygen atoms in total. The smallest absolute Gasteiger partial charge is 0.305 e. The summed E-state index contributed by atoms with van der Waals surface area (Å²) in [6.45, 7) is 5.37. The van der Waals surface area contributed by atoms with Crippen molar-refractivity contribution < 1.29 is 9.53 Å². The molecule has 2 rings (SSSR count).